The summed E-state index contributed by atoms with van der Waals surface area (Å²) < 4.78 is 21.5. The Morgan fingerprint density at radius 1 is 0.935 bits per heavy atom. The lowest BCUT2D eigenvalue weighted by Gasteiger charge is -2.29. The molecule has 0 saturated heterocycles. The van der Waals surface area contributed by atoms with Crippen molar-refractivity contribution in [1.29, 1.82) is 0 Å². The number of ether oxygens (including phenoxy) is 4. The zero-order chi connectivity index (χ0) is 22.5. The van der Waals surface area contributed by atoms with Crippen molar-refractivity contribution in [3.63, 3.8) is 0 Å². The van der Waals surface area contributed by atoms with E-state index in [2.05, 4.69) is 16.0 Å². The van der Waals surface area contributed by atoms with Crippen molar-refractivity contribution >= 4 is 17.6 Å². The van der Waals surface area contributed by atoms with E-state index in [4.69, 9.17) is 18.9 Å². The van der Waals surface area contributed by atoms with E-state index in [1.54, 1.807) is 43.3 Å². The van der Waals surface area contributed by atoms with Crippen molar-refractivity contribution in [3.05, 3.63) is 53.2 Å². The Bertz CT molecular complexity index is 1010. The molecule has 3 N–H and O–H groups in total. The molecule has 0 radical (unpaired) electrons. The van der Waals surface area contributed by atoms with Gasteiger partial charge in [0.05, 0.1) is 45.7 Å². The Morgan fingerprint density at radius 2 is 1.55 bits per heavy atom. The number of allylic oxidation sites excluding steroid dienone is 1. The summed E-state index contributed by atoms with van der Waals surface area (Å²) in [7, 11) is 6.02. The monoisotopic (exact) mass is 427 g/mol. The number of para-hydroxylation sites is 2. The third kappa shape index (κ3) is 4.35. The summed E-state index contributed by atoms with van der Waals surface area (Å²) in [5, 5.41) is 8.31. The fourth-order valence-corrected chi connectivity index (χ4v) is 3.45. The second-order valence-electron chi connectivity index (χ2n) is 6.68. The molecule has 2 aromatic carbocycles. The predicted molar refractivity (Wildman–Crippen MR) is 115 cm³/mol. The van der Waals surface area contributed by atoms with Gasteiger partial charge in [-0.1, -0.05) is 12.1 Å². The largest absolute Gasteiger partial charge is 0.495 e. The molecule has 3 rings (SSSR count). The molecule has 9 heteroatoms. The van der Waals surface area contributed by atoms with Crippen LogP contribution in [-0.2, 0) is 4.79 Å². The van der Waals surface area contributed by atoms with Crippen LogP contribution in [0.15, 0.2) is 47.7 Å². The normalized spacial score (nSPS) is 15.5. The number of methoxy groups -OCH3 is 4. The third-order valence-electron chi connectivity index (χ3n) is 4.89. The van der Waals surface area contributed by atoms with Crippen LogP contribution < -0.4 is 34.9 Å². The number of carbonyl (C=O) groups excluding carboxylic acids is 2. The van der Waals surface area contributed by atoms with E-state index in [1.165, 1.54) is 28.4 Å². The second kappa shape index (κ2) is 9.29. The minimum Gasteiger partial charge on any atom is -0.495 e. The van der Waals surface area contributed by atoms with Crippen molar-refractivity contribution in [3.8, 4) is 23.0 Å². The van der Waals surface area contributed by atoms with E-state index in [-0.39, 0.29) is 0 Å². The lowest BCUT2D eigenvalue weighted by molar-refractivity contribution is -0.113. The van der Waals surface area contributed by atoms with Crippen LogP contribution in [0.25, 0.3) is 0 Å². The molecule has 9 nitrogen and oxygen atoms in total. The number of rotatable bonds is 7. The molecule has 0 fully saturated rings. The standard InChI is InChI=1S/C22H25N3O6/c1-12-18(21(26)24-14-8-6-7-9-15(14)28-2)19(25-22(27)23-12)13-10-16(29-3)20(31-5)17(11-13)30-4/h6-11,19H,1-5H3,(H,24,26)(H2,23,25,27)/t19-/m0/s1. The van der Waals surface area contributed by atoms with Crippen LogP contribution in [0.1, 0.15) is 18.5 Å². The van der Waals surface area contributed by atoms with Gasteiger partial charge >= 0.3 is 6.03 Å². The van der Waals surface area contributed by atoms with Crippen molar-refractivity contribution in [2.75, 3.05) is 33.8 Å². The van der Waals surface area contributed by atoms with Gasteiger partial charge in [-0.3, -0.25) is 4.79 Å². The fraction of sp³-hybridized carbons (Fsp3) is 0.273. The maximum Gasteiger partial charge on any atom is 0.319 e. The summed E-state index contributed by atoms with van der Waals surface area (Å²) in [6.07, 6.45) is 0. The van der Waals surface area contributed by atoms with E-state index in [9.17, 15) is 9.59 Å². The van der Waals surface area contributed by atoms with E-state index in [0.29, 0.717) is 45.5 Å². The van der Waals surface area contributed by atoms with Gasteiger partial charge in [0, 0.05) is 5.70 Å². The van der Waals surface area contributed by atoms with Crippen LogP contribution in [0.3, 0.4) is 0 Å². The summed E-state index contributed by atoms with van der Waals surface area (Å²) in [5.74, 6) is 1.35. The molecule has 0 unspecified atom stereocenters. The first-order chi connectivity index (χ1) is 14.9. The number of urea groups is 1. The molecule has 3 amide bonds. The highest BCUT2D eigenvalue weighted by molar-refractivity contribution is 6.07. The Morgan fingerprint density at radius 3 is 2.13 bits per heavy atom. The van der Waals surface area contributed by atoms with Gasteiger partial charge in [0.25, 0.3) is 5.91 Å². The smallest absolute Gasteiger partial charge is 0.319 e. The van der Waals surface area contributed by atoms with Gasteiger partial charge < -0.3 is 34.9 Å². The van der Waals surface area contributed by atoms with Gasteiger partial charge in [-0.05, 0) is 36.8 Å². The van der Waals surface area contributed by atoms with Crippen molar-refractivity contribution in [1.82, 2.24) is 10.6 Å². The number of anilines is 1. The minimum atomic E-state index is -0.753. The Hall–Kier alpha value is -3.88. The van der Waals surface area contributed by atoms with E-state index < -0.39 is 18.0 Å². The topological polar surface area (TPSA) is 107 Å². The highest BCUT2D eigenvalue weighted by Gasteiger charge is 2.33. The average Bonchev–Trinajstić information content (AvgIpc) is 2.77. The summed E-state index contributed by atoms with van der Waals surface area (Å²) in [6.45, 7) is 1.67. The summed E-state index contributed by atoms with van der Waals surface area (Å²) >= 11 is 0. The minimum absolute atomic E-state index is 0.333. The molecule has 1 aliphatic rings. The molecular weight excluding hydrogens is 402 g/mol. The predicted octanol–water partition coefficient (Wildman–Crippen LogP) is 2.99. The lowest BCUT2D eigenvalue weighted by atomic mass is 9.94. The highest BCUT2D eigenvalue weighted by Crippen LogP contribution is 2.41. The molecule has 0 aromatic heterocycles. The molecule has 1 aliphatic heterocycles. The first-order valence-electron chi connectivity index (χ1n) is 9.46. The van der Waals surface area contributed by atoms with Crippen LogP contribution in [-0.4, -0.2) is 40.4 Å². The molecule has 164 valence electrons. The number of hydrogen-bond acceptors (Lipinski definition) is 6. The van der Waals surface area contributed by atoms with Crippen LogP contribution in [0, 0.1) is 0 Å². The third-order valence-corrected chi connectivity index (χ3v) is 4.89. The Kier molecular flexibility index (Phi) is 6.54. The molecule has 0 bridgehead atoms. The zero-order valence-electron chi connectivity index (χ0n) is 18.0. The van der Waals surface area contributed by atoms with Gasteiger partial charge in [0.1, 0.15) is 5.75 Å². The number of carbonyl (C=O) groups is 2. The van der Waals surface area contributed by atoms with Crippen LogP contribution in [0.5, 0.6) is 23.0 Å². The van der Waals surface area contributed by atoms with Crippen molar-refractivity contribution < 1.29 is 28.5 Å². The fourth-order valence-electron chi connectivity index (χ4n) is 3.45. The second-order valence-corrected chi connectivity index (χ2v) is 6.68. The maximum absolute atomic E-state index is 13.3. The molecular formula is C22H25N3O6. The molecule has 1 heterocycles. The van der Waals surface area contributed by atoms with Gasteiger partial charge in [0.15, 0.2) is 11.5 Å². The van der Waals surface area contributed by atoms with Gasteiger partial charge in [0.2, 0.25) is 5.75 Å². The lowest BCUT2D eigenvalue weighted by Crippen LogP contribution is -2.46. The van der Waals surface area contributed by atoms with E-state index in [1.807, 2.05) is 0 Å². The molecule has 1 atom stereocenters. The molecule has 0 saturated carbocycles. The van der Waals surface area contributed by atoms with Crippen LogP contribution >= 0.6 is 0 Å². The maximum atomic E-state index is 13.3. The van der Waals surface area contributed by atoms with Crippen LogP contribution in [0.4, 0.5) is 10.5 Å². The summed E-state index contributed by atoms with van der Waals surface area (Å²) in [5.41, 5.74) is 1.86. The molecule has 31 heavy (non-hydrogen) atoms. The van der Waals surface area contributed by atoms with Gasteiger partial charge in [-0.25, -0.2) is 4.79 Å². The number of hydrogen-bond donors (Lipinski definition) is 3. The van der Waals surface area contributed by atoms with Gasteiger partial charge in [-0.15, -0.1) is 0 Å². The van der Waals surface area contributed by atoms with Crippen LogP contribution in [0.2, 0.25) is 0 Å². The SMILES string of the molecule is COc1ccccc1NC(=O)C1=C(C)NC(=O)N[C@H]1c1cc(OC)c(OC)c(OC)c1. The zero-order valence-corrected chi connectivity index (χ0v) is 18.0. The van der Waals surface area contributed by atoms with Crippen molar-refractivity contribution in [2.45, 2.75) is 13.0 Å². The molecule has 2 aromatic rings. The molecule has 0 spiro atoms. The quantitative estimate of drug-likeness (QED) is 0.627. The first-order valence-corrected chi connectivity index (χ1v) is 9.46. The average molecular weight is 427 g/mol. The Labute approximate surface area is 180 Å². The first kappa shape index (κ1) is 21.8. The summed E-state index contributed by atoms with van der Waals surface area (Å²) in [4.78, 5) is 25.5. The number of benzene rings is 2. The van der Waals surface area contributed by atoms with E-state index in [0.717, 1.165) is 0 Å². The number of amides is 3. The molecule has 0 aliphatic carbocycles. The highest BCUT2D eigenvalue weighted by atomic mass is 16.5. The Balaban J connectivity index is 2.05. The van der Waals surface area contributed by atoms with E-state index >= 15 is 0 Å². The number of nitrogens with one attached hydrogen (secondary N) is 3. The summed E-state index contributed by atoms with van der Waals surface area (Å²) in [6, 6.07) is 9.28. The van der Waals surface area contributed by atoms with Crippen molar-refractivity contribution in [2.24, 2.45) is 0 Å². The van der Waals surface area contributed by atoms with Gasteiger partial charge in [-0.2, -0.15) is 0 Å².